The number of hydrogen-bond acceptors (Lipinski definition) is 4. The van der Waals surface area contributed by atoms with Crippen molar-refractivity contribution < 1.29 is 19.1 Å². The average molecular weight is 508 g/mol. The molecule has 1 aromatic rings. The molecule has 7 nitrogen and oxygen atoms in total. The van der Waals surface area contributed by atoms with Gasteiger partial charge in [0.15, 0.2) is 0 Å². The third-order valence-electron chi connectivity index (χ3n) is 5.39. The van der Waals surface area contributed by atoms with Crippen molar-refractivity contribution in [2.45, 2.75) is 120 Å². The normalized spacial score (nSPS) is 13.1. The largest absolute Gasteiger partial charge is 0.444 e. The molecule has 208 valence electrons. The molecule has 1 fully saturated rings. The smallest absolute Gasteiger partial charge is 0.410 e. The van der Waals surface area contributed by atoms with Crippen LogP contribution in [-0.2, 0) is 14.3 Å². The number of nitrogens with zero attached hydrogens (tertiary/aromatic N) is 2. The molecule has 1 N–H and O–H groups in total. The fourth-order valence-electron chi connectivity index (χ4n) is 3.68. The van der Waals surface area contributed by atoms with E-state index in [0.717, 1.165) is 43.3 Å². The van der Waals surface area contributed by atoms with Crippen LogP contribution in [-0.4, -0.2) is 54.1 Å². The van der Waals surface area contributed by atoms with Crippen LogP contribution in [0.4, 0.5) is 10.5 Å². The molecule has 1 heterocycles. The van der Waals surface area contributed by atoms with E-state index in [1.54, 1.807) is 11.8 Å². The van der Waals surface area contributed by atoms with Crippen molar-refractivity contribution in [3.05, 3.63) is 29.8 Å². The van der Waals surface area contributed by atoms with E-state index in [1.165, 1.54) is 0 Å². The summed E-state index contributed by atoms with van der Waals surface area (Å²) in [6.45, 7) is 22.6. The van der Waals surface area contributed by atoms with Crippen LogP contribution in [0.15, 0.2) is 24.3 Å². The van der Waals surface area contributed by atoms with E-state index in [1.807, 2.05) is 84.6 Å². The van der Waals surface area contributed by atoms with Crippen LogP contribution in [0, 0.1) is 6.92 Å². The zero-order valence-electron chi connectivity index (χ0n) is 24.8. The van der Waals surface area contributed by atoms with Gasteiger partial charge in [-0.05, 0) is 71.1 Å². The minimum Gasteiger partial charge on any atom is -0.444 e. The first-order valence-corrected chi connectivity index (χ1v) is 13.6. The summed E-state index contributed by atoms with van der Waals surface area (Å²) in [5, 5.41) is 2.70. The second-order valence-electron chi connectivity index (χ2n) is 9.22. The summed E-state index contributed by atoms with van der Waals surface area (Å²) in [6, 6.07) is 8.48. The standard InChI is InChI=1S/C19H28N2O3.C6H13NO.2C2H6/c1-14-7-6-8-17(13-14)21(15(2)22)16-9-11-20(12-10-16)18(23)24-19(3,4)5;1-3-6(4-2)7-5-8;2*1-2/h6-8,13,16H,9-12H2,1-5H3;5-6H,3-4H2,1-2H3,(H,7,8);2*1-2H3. The minimum atomic E-state index is -0.485. The number of hydrogen-bond donors (Lipinski definition) is 1. The zero-order valence-corrected chi connectivity index (χ0v) is 24.8. The molecule has 1 aromatic carbocycles. The number of benzene rings is 1. The van der Waals surface area contributed by atoms with Gasteiger partial charge in [0.2, 0.25) is 12.3 Å². The van der Waals surface area contributed by atoms with Crippen LogP contribution >= 0.6 is 0 Å². The van der Waals surface area contributed by atoms with Crippen LogP contribution in [0.1, 0.15) is 100 Å². The molecule has 0 aromatic heterocycles. The number of rotatable bonds is 6. The molecule has 1 aliphatic rings. The lowest BCUT2D eigenvalue weighted by atomic mass is 10.0. The highest BCUT2D eigenvalue weighted by Gasteiger charge is 2.31. The number of carbonyl (C=O) groups excluding carboxylic acids is 3. The minimum absolute atomic E-state index is 0.0383. The van der Waals surface area contributed by atoms with Gasteiger partial charge in [-0.25, -0.2) is 4.79 Å². The van der Waals surface area contributed by atoms with Gasteiger partial charge in [-0.3, -0.25) is 9.59 Å². The van der Waals surface area contributed by atoms with Gasteiger partial charge in [0.05, 0.1) is 0 Å². The molecular weight excluding hydrogens is 454 g/mol. The van der Waals surface area contributed by atoms with Crippen molar-refractivity contribution in [3.8, 4) is 0 Å². The molecule has 0 unspecified atom stereocenters. The molecule has 0 radical (unpaired) electrons. The Hall–Kier alpha value is -2.57. The maximum atomic E-state index is 12.2. The lowest BCUT2D eigenvalue weighted by Gasteiger charge is -2.38. The van der Waals surface area contributed by atoms with Crippen molar-refractivity contribution >= 4 is 24.1 Å². The first-order valence-electron chi connectivity index (χ1n) is 13.6. The monoisotopic (exact) mass is 507 g/mol. The summed E-state index contributed by atoms with van der Waals surface area (Å²) in [5.41, 5.74) is 1.57. The summed E-state index contributed by atoms with van der Waals surface area (Å²) >= 11 is 0. The van der Waals surface area contributed by atoms with Gasteiger partial charge in [-0.15, -0.1) is 0 Å². The Kier molecular flexibility index (Phi) is 19.4. The van der Waals surface area contributed by atoms with Gasteiger partial charge in [-0.2, -0.15) is 0 Å². The first-order chi connectivity index (χ1) is 17.0. The highest BCUT2D eigenvalue weighted by atomic mass is 16.6. The van der Waals surface area contributed by atoms with Gasteiger partial charge in [0.1, 0.15) is 5.60 Å². The molecule has 0 spiro atoms. The van der Waals surface area contributed by atoms with Crippen LogP contribution in [0.25, 0.3) is 0 Å². The Morgan fingerprint density at radius 2 is 1.64 bits per heavy atom. The van der Waals surface area contributed by atoms with E-state index in [4.69, 9.17) is 4.74 Å². The molecule has 0 saturated carbocycles. The quantitative estimate of drug-likeness (QED) is 0.433. The number of nitrogens with one attached hydrogen (secondary N) is 1. The van der Waals surface area contributed by atoms with Gasteiger partial charge < -0.3 is 19.9 Å². The zero-order chi connectivity index (χ0) is 28.3. The summed E-state index contributed by atoms with van der Waals surface area (Å²) in [5.74, 6) is 0.0383. The van der Waals surface area contributed by atoms with E-state index >= 15 is 0 Å². The Balaban J connectivity index is 0. The number of amides is 3. The fraction of sp³-hybridized carbons (Fsp3) is 0.690. The van der Waals surface area contributed by atoms with E-state index in [0.29, 0.717) is 19.1 Å². The molecular formula is C29H53N3O4. The van der Waals surface area contributed by atoms with Crippen molar-refractivity contribution in [2.75, 3.05) is 18.0 Å². The van der Waals surface area contributed by atoms with Crippen molar-refractivity contribution in [1.29, 1.82) is 0 Å². The van der Waals surface area contributed by atoms with Crippen LogP contribution in [0.3, 0.4) is 0 Å². The Bertz CT molecular complexity index is 734. The Morgan fingerprint density at radius 3 is 2.00 bits per heavy atom. The Labute approximate surface area is 221 Å². The molecule has 2 rings (SSSR count). The van der Waals surface area contributed by atoms with E-state index in [2.05, 4.69) is 19.2 Å². The lowest BCUT2D eigenvalue weighted by molar-refractivity contribution is -0.117. The van der Waals surface area contributed by atoms with Crippen molar-refractivity contribution in [2.24, 2.45) is 0 Å². The molecule has 1 aliphatic heterocycles. The number of anilines is 1. The summed E-state index contributed by atoms with van der Waals surface area (Å²) in [6.07, 6.45) is 4.05. The highest BCUT2D eigenvalue weighted by molar-refractivity contribution is 5.92. The second kappa shape index (κ2) is 19.6. The molecule has 0 atom stereocenters. The summed E-state index contributed by atoms with van der Waals surface area (Å²) in [7, 11) is 0. The predicted octanol–water partition coefficient (Wildman–Crippen LogP) is 6.72. The molecule has 0 aliphatic carbocycles. The topological polar surface area (TPSA) is 79.0 Å². The van der Waals surface area contributed by atoms with Gasteiger partial charge in [-0.1, -0.05) is 53.7 Å². The van der Waals surface area contributed by atoms with Gasteiger partial charge in [0.25, 0.3) is 0 Å². The van der Waals surface area contributed by atoms with Crippen LogP contribution in [0.5, 0.6) is 0 Å². The second-order valence-corrected chi connectivity index (χ2v) is 9.22. The van der Waals surface area contributed by atoms with Crippen molar-refractivity contribution in [3.63, 3.8) is 0 Å². The third kappa shape index (κ3) is 14.1. The number of piperidine rings is 1. The molecule has 7 heteroatoms. The Morgan fingerprint density at radius 1 is 1.11 bits per heavy atom. The SMILES string of the molecule is CC.CC.CC(=O)N(c1cccc(C)c1)C1CCN(C(=O)OC(C)(C)C)CC1.CCC(CC)NC=O. The first kappa shape index (κ1) is 35.6. The van der Waals surface area contributed by atoms with Crippen molar-refractivity contribution in [1.82, 2.24) is 10.2 Å². The van der Waals surface area contributed by atoms with E-state index in [9.17, 15) is 14.4 Å². The predicted molar refractivity (Wildman–Crippen MR) is 151 cm³/mol. The number of likely N-dealkylation sites (tertiary alicyclic amines) is 1. The number of aryl methyl sites for hydroxylation is 1. The van der Waals surface area contributed by atoms with Gasteiger partial charge >= 0.3 is 6.09 Å². The molecule has 36 heavy (non-hydrogen) atoms. The van der Waals surface area contributed by atoms with Gasteiger partial charge in [0, 0.05) is 37.8 Å². The highest BCUT2D eigenvalue weighted by Crippen LogP contribution is 2.25. The lowest BCUT2D eigenvalue weighted by Crippen LogP contribution is -2.49. The maximum absolute atomic E-state index is 12.2. The molecule has 0 bridgehead atoms. The van der Waals surface area contributed by atoms with E-state index in [-0.39, 0.29) is 18.0 Å². The van der Waals surface area contributed by atoms with E-state index < -0.39 is 5.60 Å². The average Bonchev–Trinajstić information content (AvgIpc) is 2.85. The maximum Gasteiger partial charge on any atom is 0.410 e. The van der Waals surface area contributed by atoms with Crippen LogP contribution < -0.4 is 10.2 Å². The van der Waals surface area contributed by atoms with Crippen LogP contribution in [0.2, 0.25) is 0 Å². The molecule has 1 saturated heterocycles. The third-order valence-corrected chi connectivity index (χ3v) is 5.39. The number of carbonyl (C=O) groups is 3. The fourth-order valence-corrected chi connectivity index (χ4v) is 3.68. The summed E-state index contributed by atoms with van der Waals surface area (Å²) < 4.78 is 5.43. The number of ether oxygens (including phenoxy) is 1. The molecule has 3 amide bonds. The summed E-state index contributed by atoms with van der Waals surface area (Å²) in [4.78, 5) is 37.8.